The van der Waals surface area contributed by atoms with E-state index in [9.17, 15) is 13.2 Å². The summed E-state index contributed by atoms with van der Waals surface area (Å²) < 4.78 is 50.5. The van der Waals surface area contributed by atoms with Crippen molar-refractivity contribution in [1.82, 2.24) is 19.9 Å². The van der Waals surface area contributed by atoms with Crippen molar-refractivity contribution >= 4 is 17.0 Å². The molecular weight excluding hydrogens is 363 g/mol. The number of nitrogens with one attached hydrogen (secondary N) is 1. The van der Waals surface area contributed by atoms with Crippen LogP contribution in [0.5, 0.6) is 11.5 Å². The SMILES string of the molecule is FC(F)(F)c1nc(N2CCCC2c2ccc3c(c2)OCO3)c2[nH]cnc2n1. The molecule has 1 atom stereocenters. The Kier molecular flexibility index (Phi) is 3.43. The minimum absolute atomic E-state index is 0.00339. The predicted molar refractivity (Wildman–Crippen MR) is 88.6 cm³/mol. The van der Waals surface area contributed by atoms with Gasteiger partial charge in [0.15, 0.2) is 23.0 Å². The molecule has 2 aromatic heterocycles. The molecule has 0 bridgehead atoms. The lowest BCUT2D eigenvalue weighted by Gasteiger charge is -2.27. The van der Waals surface area contributed by atoms with E-state index in [2.05, 4.69) is 19.9 Å². The van der Waals surface area contributed by atoms with E-state index in [1.54, 1.807) is 0 Å². The molecule has 0 amide bonds. The van der Waals surface area contributed by atoms with Crippen molar-refractivity contribution in [3.8, 4) is 11.5 Å². The number of aromatic amines is 1. The van der Waals surface area contributed by atoms with Gasteiger partial charge in [-0.15, -0.1) is 0 Å². The summed E-state index contributed by atoms with van der Waals surface area (Å²) in [5, 5.41) is 0. The van der Waals surface area contributed by atoms with Crippen molar-refractivity contribution in [1.29, 1.82) is 0 Å². The third-order valence-electron chi connectivity index (χ3n) is 4.83. The molecule has 3 aromatic rings. The molecule has 10 heteroatoms. The Morgan fingerprint density at radius 2 is 2.00 bits per heavy atom. The summed E-state index contributed by atoms with van der Waals surface area (Å²) in [6, 6.07) is 5.48. The number of halogens is 3. The van der Waals surface area contributed by atoms with Crippen LogP contribution in [-0.2, 0) is 6.18 Å². The highest BCUT2D eigenvalue weighted by Gasteiger charge is 2.38. The third-order valence-corrected chi connectivity index (χ3v) is 4.83. The summed E-state index contributed by atoms with van der Waals surface area (Å²) in [5.41, 5.74) is 1.34. The van der Waals surface area contributed by atoms with Gasteiger partial charge in [-0.25, -0.2) is 15.0 Å². The van der Waals surface area contributed by atoms with Crippen molar-refractivity contribution in [2.45, 2.75) is 25.1 Å². The van der Waals surface area contributed by atoms with Crippen LogP contribution in [0.25, 0.3) is 11.2 Å². The minimum atomic E-state index is -4.64. The molecule has 2 aliphatic heterocycles. The third kappa shape index (κ3) is 2.63. The van der Waals surface area contributed by atoms with Gasteiger partial charge >= 0.3 is 6.18 Å². The number of fused-ring (bicyclic) bond motifs is 2. The van der Waals surface area contributed by atoms with Crippen LogP contribution in [0.4, 0.5) is 19.0 Å². The molecule has 1 aromatic carbocycles. The molecule has 140 valence electrons. The summed E-state index contributed by atoms with van der Waals surface area (Å²) >= 11 is 0. The van der Waals surface area contributed by atoms with Gasteiger partial charge in [-0.1, -0.05) is 6.07 Å². The van der Waals surface area contributed by atoms with Crippen LogP contribution in [-0.4, -0.2) is 33.3 Å². The van der Waals surface area contributed by atoms with E-state index in [1.165, 1.54) is 6.33 Å². The topological polar surface area (TPSA) is 76.2 Å². The Hall–Kier alpha value is -3.04. The predicted octanol–water partition coefficient (Wildman–Crippen LogP) is 3.44. The van der Waals surface area contributed by atoms with Crippen LogP contribution in [0.15, 0.2) is 24.5 Å². The van der Waals surface area contributed by atoms with Gasteiger partial charge in [0.1, 0.15) is 5.52 Å². The highest BCUT2D eigenvalue weighted by Crippen LogP contribution is 2.42. The number of aromatic nitrogens is 4. The smallest absolute Gasteiger partial charge is 0.451 e. The molecule has 2 aliphatic rings. The summed E-state index contributed by atoms with van der Waals surface area (Å²) in [4.78, 5) is 16.0. The van der Waals surface area contributed by atoms with Crippen molar-refractivity contribution in [3.63, 3.8) is 0 Å². The number of ether oxygens (including phenoxy) is 2. The van der Waals surface area contributed by atoms with E-state index < -0.39 is 12.0 Å². The van der Waals surface area contributed by atoms with Crippen LogP contribution in [0.3, 0.4) is 0 Å². The maximum absolute atomic E-state index is 13.2. The van der Waals surface area contributed by atoms with Gasteiger partial charge < -0.3 is 19.4 Å². The van der Waals surface area contributed by atoms with Gasteiger partial charge in [0.2, 0.25) is 12.6 Å². The van der Waals surface area contributed by atoms with E-state index in [0.717, 1.165) is 18.4 Å². The van der Waals surface area contributed by atoms with Crippen LogP contribution in [0.2, 0.25) is 0 Å². The second-order valence-corrected chi connectivity index (χ2v) is 6.43. The zero-order valence-corrected chi connectivity index (χ0v) is 14.0. The molecule has 5 rings (SSSR count). The summed E-state index contributed by atoms with van der Waals surface area (Å²) in [5.74, 6) is 0.337. The van der Waals surface area contributed by atoms with Crippen molar-refractivity contribution < 1.29 is 22.6 Å². The number of nitrogens with zero attached hydrogens (tertiary/aromatic N) is 4. The number of hydrogen-bond donors (Lipinski definition) is 1. The Morgan fingerprint density at radius 1 is 1.15 bits per heavy atom. The number of anilines is 1. The lowest BCUT2D eigenvalue weighted by atomic mass is 10.0. The van der Waals surface area contributed by atoms with Crippen molar-refractivity contribution in [2.75, 3.05) is 18.2 Å². The Morgan fingerprint density at radius 3 is 2.85 bits per heavy atom. The molecule has 1 fully saturated rings. The van der Waals surface area contributed by atoms with Gasteiger partial charge in [-0.2, -0.15) is 13.2 Å². The molecule has 4 heterocycles. The molecule has 27 heavy (non-hydrogen) atoms. The maximum atomic E-state index is 13.2. The first kappa shape index (κ1) is 16.2. The average molecular weight is 377 g/mol. The fourth-order valence-corrected chi connectivity index (χ4v) is 3.64. The van der Waals surface area contributed by atoms with Crippen LogP contribution < -0.4 is 14.4 Å². The largest absolute Gasteiger partial charge is 0.454 e. The molecule has 7 nitrogen and oxygen atoms in total. The second kappa shape index (κ2) is 5.73. The van der Waals surface area contributed by atoms with E-state index >= 15 is 0 Å². The van der Waals surface area contributed by atoms with Crippen molar-refractivity contribution in [2.24, 2.45) is 0 Å². The van der Waals surface area contributed by atoms with Crippen molar-refractivity contribution in [3.05, 3.63) is 35.9 Å². The number of imidazole rings is 1. The number of hydrogen-bond acceptors (Lipinski definition) is 6. The Labute approximate surface area is 151 Å². The molecule has 0 saturated carbocycles. The van der Waals surface area contributed by atoms with Crippen LogP contribution in [0, 0.1) is 0 Å². The normalized spacial score (nSPS) is 19.2. The number of benzene rings is 1. The highest BCUT2D eigenvalue weighted by atomic mass is 19.4. The van der Waals surface area contributed by atoms with E-state index in [0.29, 0.717) is 23.6 Å². The lowest BCUT2D eigenvalue weighted by molar-refractivity contribution is -0.144. The van der Waals surface area contributed by atoms with Gasteiger partial charge in [0.25, 0.3) is 0 Å². The number of alkyl halides is 3. The quantitative estimate of drug-likeness (QED) is 0.737. The summed E-state index contributed by atoms with van der Waals surface area (Å²) in [7, 11) is 0. The first-order valence-electron chi connectivity index (χ1n) is 8.45. The number of H-pyrrole nitrogens is 1. The average Bonchev–Trinajstić information content (AvgIpc) is 3.38. The molecule has 0 spiro atoms. The fourth-order valence-electron chi connectivity index (χ4n) is 3.64. The Balaban J connectivity index is 1.60. The van der Waals surface area contributed by atoms with E-state index in [4.69, 9.17) is 9.47 Å². The van der Waals surface area contributed by atoms with Gasteiger partial charge in [-0.05, 0) is 30.5 Å². The van der Waals surface area contributed by atoms with Crippen LogP contribution >= 0.6 is 0 Å². The standard InChI is InChI=1S/C17H14F3N5O2/c18-17(19,20)16-23-14-13(21-7-22-14)15(24-16)25-5-1-2-10(25)9-3-4-11-12(6-9)27-8-26-11/h3-4,6-7,10H,1-2,5,8H2,(H,21,22,23,24). The molecule has 1 saturated heterocycles. The van der Waals surface area contributed by atoms with Gasteiger partial charge in [-0.3, -0.25) is 0 Å². The van der Waals surface area contributed by atoms with Gasteiger partial charge in [0.05, 0.1) is 12.4 Å². The summed E-state index contributed by atoms with van der Waals surface area (Å²) in [6.07, 6.45) is -1.69. The zero-order chi connectivity index (χ0) is 18.6. The first-order valence-corrected chi connectivity index (χ1v) is 8.45. The second-order valence-electron chi connectivity index (χ2n) is 6.43. The molecule has 1 unspecified atom stereocenters. The van der Waals surface area contributed by atoms with Crippen LogP contribution in [0.1, 0.15) is 30.3 Å². The molecule has 0 radical (unpaired) electrons. The van der Waals surface area contributed by atoms with E-state index in [-0.39, 0.29) is 24.3 Å². The monoisotopic (exact) mass is 377 g/mol. The molecule has 0 aliphatic carbocycles. The molecular formula is C17H14F3N5O2. The Bertz CT molecular complexity index is 1020. The maximum Gasteiger partial charge on any atom is 0.451 e. The fraction of sp³-hybridized carbons (Fsp3) is 0.353. The van der Waals surface area contributed by atoms with Gasteiger partial charge in [0, 0.05) is 6.54 Å². The minimum Gasteiger partial charge on any atom is -0.454 e. The highest BCUT2D eigenvalue weighted by molar-refractivity contribution is 5.83. The van der Waals surface area contributed by atoms with E-state index in [1.807, 2.05) is 23.1 Å². The molecule has 1 N–H and O–H groups in total. The zero-order valence-electron chi connectivity index (χ0n) is 14.0. The lowest BCUT2D eigenvalue weighted by Crippen LogP contribution is -2.25. The number of rotatable bonds is 2. The first-order chi connectivity index (χ1) is 13.0. The summed E-state index contributed by atoms with van der Waals surface area (Å²) in [6.45, 7) is 0.754.